The van der Waals surface area contributed by atoms with Gasteiger partial charge in [0.05, 0.1) is 10.6 Å². The van der Waals surface area contributed by atoms with Crippen molar-refractivity contribution in [2.45, 2.75) is 38.1 Å². The number of halogens is 1. The predicted octanol–water partition coefficient (Wildman–Crippen LogP) is 1.56. The van der Waals surface area contributed by atoms with Gasteiger partial charge in [0.1, 0.15) is 11.9 Å². The molecule has 0 radical (unpaired) electrons. The van der Waals surface area contributed by atoms with Gasteiger partial charge in [-0.3, -0.25) is 9.59 Å². The number of hydrogen-bond acceptors (Lipinski definition) is 4. The Bertz CT molecular complexity index is 703. The van der Waals surface area contributed by atoms with Gasteiger partial charge in [0.25, 0.3) is 0 Å². The SMILES string of the molecule is CC(=O)Nc1cc(S(=O)(=O)NC(CC(C)C)C(=O)O)ccc1F. The third-order valence-corrected chi connectivity index (χ3v) is 4.33. The minimum absolute atomic E-state index is 0.0399. The van der Waals surface area contributed by atoms with E-state index in [9.17, 15) is 22.4 Å². The molecule has 1 aromatic rings. The number of aliphatic carboxylic acids is 1. The lowest BCUT2D eigenvalue weighted by Gasteiger charge is -2.17. The molecule has 23 heavy (non-hydrogen) atoms. The van der Waals surface area contributed by atoms with E-state index in [-0.39, 0.29) is 22.9 Å². The Morgan fingerprint density at radius 1 is 1.30 bits per heavy atom. The van der Waals surface area contributed by atoms with Crippen molar-refractivity contribution in [1.82, 2.24) is 4.72 Å². The first-order chi connectivity index (χ1) is 10.5. The zero-order valence-corrected chi connectivity index (χ0v) is 13.8. The van der Waals surface area contributed by atoms with Gasteiger partial charge in [-0.25, -0.2) is 12.8 Å². The van der Waals surface area contributed by atoms with Gasteiger partial charge in [0.2, 0.25) is 15.9 Å². The van der Waals surface area contributed by atoms with Crippen LogP contribution in [0.1, 0.15) is 27.2 Å². The van der Waals surface area contributed by atoms with E-state index in [0.717, 1.165) is 25.1 Å². The third kappa shape index (κ3) is 5.61. The quantitative estimate of drug-likeness (QED) is 0.693. The number of carboxylic acids is 1. The molecule has 0 saturated carbocycles. The standard InChI is InChI=1S/C14H19FN2O5S/c1-8(2)6-13(14(19)20)17-23(21,22)10-4-5-11(15)12(7-10)16-9(3)18/h4-5,7-8,13,17H,6H2,1-3H3,(H,16,18)(H,19,20). The lowest BCUT2D eigenvalue weighted by Crippen LogP contribution is -2.41. The predicted molar refractivity (Wildman–Crippen MR) is 81.9 cm³/mol. The Balaban J connectivity index is 3.12. The molecule has 9 heteroatoms. The molecule has 0 bridgehead atoms. The highest BCUT2D eigenvalue weighted by molar-refractivity contribution is 7.89. The maximum absolute atomic E-state index is 13.6. The largest absolute Gasteiger partial charge is 0.480 e. The van der Waals surface area contributed by atoms with E-state index >= 15 is 0 Å². The van der Waals surface area contributed by atoms with Crippen molar-refractivity contribution in [2.24, 2.45) is 5.92 Å². The molecule has 0 fully saturated rings. The molecular formula is C14H19FN2O5S. The molecule has 0 aromatic heterocycles. The van der Waals surface area contributed by atoms with Crippen molar-refractivity contribution in [3.8, 4) is 0 Å². The number of hydrogen-bond donors (Lipinski definition) is 3. The molecule has 0 spiro atoms. The van der Waals surface area contributed by atoms with E-state index in [1.54, 1.807) is 13.8 Å². The number of nitrogens with one attached hydrogen (secondary N) is 2. The van der Waals surface area contributed by atoms with Gasteiger partial charge in [-0.1, -0.05) is 13.8 Å². The number of benzene rings is 1. The van der Waals surface area contributed by atoms with Crippen LogP contribution in [-0.4, -0.2) is 31.4 Å². The van der Waals surface area contributed by atoms with Crippen LogP contribution in [0.25, 0.3) is 0 Å². The van der Waals surface area contributed by atoms with Gasteiger partial charge < -0.3 is 10.4 Å². The number of amides is 1. The van der Waals surface area contributed by atoms with Crippen LogP contribution in [-0.2, 0) is 19.6 Å². The van der Waals surface area contributed by atoms with E-state index in [1.807, 2.05) is 0 Å². The summed E-state index contributed by atoms with van der Waals surface area (Å²) < 4.78 is 40.2. The highest BCUT2D eigenvalue weighted by atomic mass is 32.2. The molecule has 3 N–H and O–H groups in total. The average molecular weight is 346 g/mol. The van der Waals surface area contributed by atoms with Crippen LogP contribution in [0.15, 0.2) is 23.1 Å². The van der Waals surface area contributed by atoms with Crippen molar-refractivity contribution in [1.29, 1.82) is 0 Å². The van der Waals surface area contributed by atoms with Gasteiger partial charge in [0.15, 0.2) is 0 Å². The molecule has 0 aliphatic rings. The Kier molecular flexibility index (Phi) is 6.22. The second kappa shape index (κ2) is 7.51. The zero-order valence-electron chi connectivity index (χ0n) is 13.0. The minimum atomic E-state index is -4.17. The monoisotopic (exact) mass is 346 g/mol. The first-order valence-corrected chi connectivity index (χ1v) is 8.33. The molecule has 0 heterocycles. The number of carbonyl (C=O) groups excluding carboxylic acids is 1. The summed E-state index contributed by atoms with van der Waals surface area (Å²) in [6.45, 7) is 4.68. The van der Waals surface area contributed by atoms with Crippen molar-refractivity contribution < 1.29 is 27.5 Å². The van der Waals surface area contributed by atoms with Crippen molar-refractivity contribution in [2.75, 3.05) is 5.32 Å². The zero-order chi connectivity index (χ0) is 17.8. The molecule has 0 aliphatic carbocycles. The van der Waals surface area contributed by atoms with E-state index in [1.165, 1.54) is 0 Å². The van der Waals surface area contributed by atoms with E-state index in [4.69, 9.17) is 5.11 Å². The van der Waals surface area contributed by atoms with Gasteiger partial charge in [0, 0.05) is 6.92 Å². The Hall–Kier alpha value is -2.00. The summed E-state index contributed by atoms with van der Waals surface area (Å²) in [5.74, 6) is -2.70. The molecule has 7 nitrogen and oxygen atoms in total. The Labute approximate surface area is 133 Å². The normalized spacial score (nSPS) is 12.9. The number of carbonyl (C=O) groups is 2. The summed E-state index contributed by atoms with van der Waals surface area (Å²) in [4.78, 5) is 21.8. The highest BCUT2D eigenvalue weighted by Crippen LogP contribution is 2.20. The van der Waals surface area contributed by atoms with Crippen LogP contribution in [0.4, 0.5) is 10.1 Å². The molecule has 1 aromatic carbocycles. The minimum Gasteiger partial charge on any atom is -0.480 e. The van der Waals surface area contributed by atoms with E-state index in [0.29, 0.717) is 0 Å². The third-order valence-electron chi connectivity index (χ3n) is 2.86. The summed E-state index contributed by atoms with van der Waals surface area (Å²) >= 11 is 0. The fraction of sp³-hybridized carbons (Fsp3) is 0.429. The highest BCUT2D eigenvalue weighted by Gasteiger charge is 2.26. The van der Waals surface area contributed by atoms with Crippen molar-refractivity contribution >= 4 is 27.6 Å². The van der Waals surface area contributed by atoms with Gasteiger partial charge >= 0.3 is 5.97 Å². The summed E-state index contributed by atoms with van der Waals surface area (Å²) in [6.07, 6.45) is 0.105. The smallest absolute Gasteiger partial charge is 0.321 e. The van der Waals surface area contributed by atoms with Crippen LogP contribution >= 0.6 is 0 Å². The Morgan fingerprint density at radius 3 is 2.39 bits per heavy atom. The second-order valence-corrected chi connectivity index (χ2v) is 7.18. The van der Waals surface area contributed by atoms with E-state index < -0.39 is 33.8 Å². The number of carboxylic acid groups (broad SMARTS) is 1. The number of sulfonamides is 1. The van der Waals surface area contributed by atoms with E-state index in [2.05, 4.69) is 10.0 Å². The summed E-state index contributed by atoms with van der Waals surface area (Å²) in [6, 6.07) is 1.53. The average Bonchev–Trinajstić information content (AvgIpc) is 2.38. The number of rotatable bonds is 7. The van der Waals surface area contributed by atoms with Crippen LogP contribution < -0.4 is 10.0 Å². The fourth-order valence-electron chi connectivity index (χ4n) is 1.88. The molecule has 1 amide bonds. The summed E-state index contributed by atoms with van der Waals surface area (Å²) in [5, 5.41) is 11.3. The van der Waals surface area contributed by atoms with Crippen LogP contribution in [0.5, 0.6) is 0 Å². The maximum atomic E-state index is 13.6. The lowest BCUT2D eigenvalue weighted by atomic mass is 10.1. The molecule has 0 saturated heterocycles. The first-order valence-electron chi connectivity index (χ1n) is 6.85. The molecule has 128 valence electrons. The molecule has 1 unspecified atom stereocenters. The molecule has 0 aliphatic heterocycles. The second-order valence-electron chi connectivity index (χ2n) is 5.46. The number of anilines is 1. The van der Waals surface area contributed by atoms with Gasteiger partial charge in [-0.2, -0.15) is 4.72 Å². The van der Waals surface area contributed by atoms with Crippen LogP contribution in [0, 0.1) is 11.7 Å². The molecular weight excluding hydrogens is 327 g/mol. The van der Waals surface area contributed by atoms with Crippen LogP contribution in [0.2, 0.25) is 0 Å². The summed E-state index contributed by atoms with van der Waals surface area (Å²) in [7, 11) is -4.17. The van der Waals surface area contributed by atoms with Crippen molar-refractivity contribution in [3.63, 3.8) is 0 Å². The summed E-state index contributed by atoms with van der Waals surface area (Å²) in [5.41, 5.74) is -0.295. The van der Waals surface area contributed by atoms with Crippen LogP contribution in [0.3, 0.4) is 0 Å². The van der Waals surface area contributed by atoms with Crippen molar-refractivity contribution in [3.05, 3.63) is 24.0 Å². The lowest BCUT2D eigenvalue weighted by molar-refractivity contribution is -0.139. The van der Waals surface area contributed by atoms with Gasteiger partial charge in [-0.05, 0) is 30.5 Å². The topological polar surface area (TPSA) is 113 Å². The fourth-order valence-corrected chi connectivity index (χ4v) is 3.11. The maximum Gasteiger partial charge on any atom is 0.321 e. The van der Waals surface area contributed by atoms with Gasteiger partial charge in [-0.15, -0.1) is 0 Å². The molecule has 1 atom stereocenters. The Morgan fingerprint density at radius 2 is 1.91 bits per heavy atom. The molecule has 1 rings (SSSR count). The first kappa shape index (κ1) is 19.0.